The van der Waals surface area contributed by atoms with Gasteiger partial charge in [-0.25, -0.2) is 0 Å². The first kappa shape index (κ1) is 21.9. The predicted octanol–water partition coefficient (Wildman–Crippen LogP) is 7.02. The molecular weight excluding hydrogens is 575 g/mol. The number of pyridine rings is 1. The van der Waals surface area contributed by atoms with Crippen molar-refractivity contribution in [2.75, 3.05) is 0 Å². The number of allylic oxidation sites excluding steroid dienone is 2. The first-order chi connectivity index (χ1) is 15.0. The summed E-state index contributed by atoms with van der Waals surface area (Å²) in [6.07, 6.45) is 1.17. The fourth-order valence-electron chi connectivity index (χ4n) is 4.38. The van der Waals surface area contributed by atoms with Crippen molar-refractivity contribution in [1.82, 2.24) is 4.98 Å². The molecule has 0 unspecified atom stereocenters. The van der Waals surface area contributed by atoms with Crippen molar-refractivity contribution >= 4 is 38.4 Å². The van der Waals surface area contributed by atoms with Crippen molar-refractivity contribution in [3.8, 4) is 22.3 Å². The van der Waals surface area contributed by atoms with Gasteiger partial charge in [0.2, 0.25) is 0 Å². The first-order valence-corrected chi connectivity index (χ1v) is 10.2. The molecule has 1 N–H and O–H groups in total. The molecule has 6 rings (SSSR count). The topological polar surface area (TPSA) is 50.2 Å². The monoisotopic (exact) mass is 595 g/mol. The van der Waals surface area contributed by atoms with Gasteiger partial charge in [-0.1, -0.05) is 48.5 Å². The van der Waals surface area contributed by atoms with Crippen LogP contribution in [0.5, 0.6) is 0 Å². The van der Waals surface area contributed by atoms with Gasteiger partial charge in [0.1, 0.15) is 0 Å². The molecule has 0 amide bonds. The second-order valence-electron chi connectivity index (χ2n) is 7.72. The van der Waals surface area contributed by atoms with Gasteiger partial charge in [0.05, 0.1) is 11.3 Å². The summed E-state index contributed by atoms with van der Waals surface area (Å²) < 4.78 is 0. The molecule has 1 aromatic heterocycles. The molecule has 5 aromatic rings. The Balaban J connectivity index is 0.000000271. The average Bonchev–Trinajstić information content (AvgIpc) is 3.10. The standard InChI is InChI=1S/C23H12N.C5H8O2.Ir/c1-2-7-15-14(6-1)12-13-19-21-17-9-4-3-8-16(17)18-10-5-11-20(22(18)21)24-23(15)19;1-4(6)3-5(2)7;/h1-6,8-13H;3,6H,1-2H3;/q-1;;/b;4-3-;. The molecule has 159 valence electrons. The Morgan fingerprint density at radius 1 is 0.906 bits per heavy atom. The van der Waals surface area contributed by atoms with Crippen LogP contribution in [0.1, 0.15) is 13.8 Å². The van der Waals surface area contributed by atoms with Crippen LogP contribution in [0.3, 0.4) is 0 Å². The Kier molecular flexibility index (Phi) is 5.92. The van der Waals surface area contributed by atoms with E-state index in [1.165, 1.54) is 58.3 Å². The van der Waals surface area contributed by atoms with Gasteiger partial charge in [0.25, 0.3) is 0 Å². The number of aromatic nitrogens is 1. The molecular formula is C28H20IrNO2-. The summed E-state index contributed by atoms with van der Waals surface area (Å²) in [6, 6.07) is 29.0. The number of ketones is 1. The molecule has 4 aromatic carbocycles. The van der Waals surface area contributed by atoms with Crippen molar-refractivity contribution in [2.45, 2.75) is 13.8 Å². The van der Waals surface area contributed by atoms with Gasteiger partial charge in [-0.2, -0.15) is 0 Å². The summed E-state index contributed by atoms with van der Waals surface area (Å²) in [5.74, 6) is -0.0625. The van der Waals surface area contributed by atoms with Crippen LogP contribution in [-0.2, 0) is 24.9 Å². The maximum absolute atomic E-state index is 10.0. The van der Waals surface area contributed by atoms with Crippen molar-refractivity contribution in [3.63, 3.8) is 0 Å². The molecule has 4 heteroatoms. The van der Waals surface area contributed by atoms with Crippen LogP contribution in [0, 0.1) is 6.07 Å². The number of fused-ring (bicyclic) bond motifs is 7. The van der Waals surface area contributed by atoms with E-state index in [-0.39, 0.29) is 31.6 Å². The third-order valence-corrected chi connectivity index (χ3v) is 5.50. The summed E-state index contributed by atoms with van der Waals surface area (Å²) in [7, 11) is 0. The number of aliphatic hydroxyl groups is 1. The molecule has 0 aliphatic heterocycles. The van der Waals surface area contributed by atoms with E-state index in [4.69, 9.17) is 10.1 Å². The van der Waals surface area contributed by atoms with Crippen molar-refractivity contribution in [1.29, 1.82) is 0 Å². The molecule has 0 bridgehead atoms. The smallest absolute Gasteiger partial charge is 0.155 e. The van der Waals surface area contributed by atoms with E-state index in [0.717, 1.165) is 16.4 Å². The quantitative estimate of drug-likeness (QED) is 0.0732. The number of aliphatic hydroxyl groups excluding tert-OH is 1. The number of carbonyl (C=O) groups is 1. The van der Waals surface area contributed by atoms with Gasteiger partial charge in [0.15, 0.2) is 5.78 Å². The Labute approximate surface area is 199 Å². The van der Waals surface area contributed by atoms with Crippen LogP contribution in [0.15, 0.2) is 84.6 Å². The third kappa shape index (κ3) is 3.62. The van der Waals surface area contributed by atoms with Gasteiger partial charge in [-0.3, -0.25) is 9.78 Å². The summed E-state index contributed by atoms with van der Waals surface area (Å²) in [6.45, 7) is 2.85. The molecule has 0 saturated carbocycles. The molecule has 1 heterocycles. The first-order valence-electron chi connectivity index (χ1n) is 10.2. The van der Waals surface area contributed by atoms with Crippen LogP contribution in [-0.4, -0.2) is 15.9 Å². The summed E-state index contributed by atoms with van der Waals surface area (Å²) in [5, 5.41) is 13.1. The van der Waals surface area contributed by atoms with Gasteiger partial charge in [0, 0.05) is 31.6 Å². The average molecular weight is 595 g/mol. The van der Waals surface area contributed by atoms with Gasteiger partial charge < -0.3 is 5.11 Å². The summed E-state index contributed by atoms with van der Waals surface area (Å²) >= 11 is 0. The molecule has 1 aliphatic carbocycles. The van der Waals surface area contributed by atoms with E-state index in [2.05, 4.69) is 66.7 Å². The van der Waals surface area contributed by atoms with Crippen molar-refractivity contribution < 1.29 is 30.0 Å². The molecule has 32 heavy (non-hydrogen) atoms. The van der Waals surface area contributed by atoms with Crippen LogP contribution >= 0.6 is 0 Å². The largest absolute Gasteiger partial charge is 0.512 e. The molecule has 0 fully saturated rings. The van der Waals surface area contributed by atoms with Crippen LogP contribution in [0.2, 0.25) is 0 Å². The zero-order valence-corrected chi connectivity index (χ0v) is 20.0. The number of benzene rings is 4. The van der Waals surface area contributed by atoms with E-state index < -0.39 is 0 Å². The minimum absolute atomic E-state index is 0. The Bertz CT molecular complexity index is 1530. The van der Waals surface area contributed by atoms with Crippen molar-refractivity contribution in [3.05, 3.63) is 90.7 Å². The van der Waals surface area contributed by atoms with Crippen LogP contribution < -0.4 is 0 Å². The number of nitrogens with zero attached hydrogens (tertiary/aromatic N) is 1. The SMILES string of the molecule is CC(=O)/C=C(/C)O.[Ir].[c-]1cccc2ccc3c4c5c(cccc5nc3c12)-c1ccccc1-4. The van der Waals surface area contributed by atoms with Crippen LogP contribution in [0.4, 0.5) is 0 Å². The number of rotatable bonds is 1. The van der Waals surface area contributed by atoms with Crippen LogP contribution in [0.25, 0.3) is 54.8 Å². The van der Waals surface area contributed by atoms with E-state index >= 15 is 0 Å². The Morgan fingerprint density at radius 3 is 2.38 bits per heavy atom. The normalized spacial score (nSPS) is 11.6. The maximum Gasteiger partial charge on any atom is 0.155 e. The van der Waals surface area contributed by atoms with E-state index in [1.54, 1.807) is 0 Å². The molecule has 1 aliphatic rings. The second kappa shape index (κ2) is 8.66. The number of carbonyl (C=O) groups excluding carboxylic acids is 1. The zero-order chi connectivity index (χ0) is 21.5. The molecule has 1 radical (unpaired) electrons. The molecule has 3 nitrogen and oxygen atoms in total. The molecule has 0 atom stereocenters. The predicted molar refractivity (Wildman–Crippen MR) is 127 cm³/mol. The van der Waals surface area contributed by atoms with E-state index in [0.29, 0.717) is 0 Å². The minimum atomic E-state index is -0.125. The van der Waals surface area contributed by atoms with Gasteiger partial charge in [-0.05, 0) is 53.1 Å². The molecule has 0 saturated heterocycles. The summed E-state index contributed by atoms with van der Waals surface area (Å²) in [4.78, 5) is 15.0. The fraction of sp³-hybridized carbons (Fsp3) is 0.0714. The zero-order valence-electron chi connectivity index (χ0n) is 17.6. The third-order valence-electron chi connectivity index (χ3n) is 5.50. The minimum Gasteiger partial charge on any atom is -0.512 e. The van der Waals surface area contributed by atoms with E-state index in [9.17, 15) is 4.79 Å². The number of hydrogen-bond acceptors (Lipinski definition) is 3. The van der Waals surface area contributed by atoms with Gasteiger partial charge >= 0.3 is 0 Å². The summed E-state index contributed by atoms with van der Waals surface area (Å²) in [5.41, 5.74) is 7.35. The van der Waals surface area contributed by atoms with Gasteiger partial charge in [-0.15, -0.1) is 35.0 Å². The fourth-order valence-corrected chi connectivity index (χ4v) is 4.38. The van der Waals surface area contributed by atoms with E-state index in [1.807, 2.05) is 12.1 Å². The number of hydrogen-bond donors (Lipinski definition) is 1. The Hall–Kier alpha value is -3.33. The maximum atomic E-state index is 10.0. The second-order valence-corrected chi connectivity index (χ2v) is 7.72. The Morgan fingerprint density at radius 2 is 1.66 bits per heavy atom. The van der Waals surface area contributed by atoms with Crippen molar-refractivity contribution in [2.24, 2.45) is 0 Å². The molecule has 0 spiro atoms.